The first-order chi connectivity index (χ1) is 9.56. The normalized spacial score (nSPS) is 28.4. The Bertz CT molecular complexity index is 527. The lowest BCUT2D eigenvalue weighted by molar-refractivity contribution is -0.153. The van der Waals surface area contributed by atoms with Crippen LogP contribution < -0.4 is 5.32 Å². The SMILES string of the molecule is CCC(c1nccs1)N1CC(=O)NC(C)(C2CC2)C1=O. The predicted molar refractivity (Wildman–Crippen MR) is 76.1 cm³/mol. The molecular weight excluding hydrogens is 274 g/mol. The van der Waals surface area contributed by atoms with Crippen molar-refractivity contribution in [2.75, 3.05) is 6.54 Å². The molecule has 1 aliphatic carbocycles. The summed E-state index contributed by atoms with van der Waals surface area (Å²) in [6.07, 6.45) is 4.55. The van der Waals surface area contributed by atoms with Gasteiger partial charge in [0.25, 0.3) is 0 Å². The molecule has 3 rings (SSSR count). The highest BCUT2D eigenvalue weighted by atomic mass is 32.1. The number of nitrogens with one attached hydrogen (secondary N) is 1. The molecule has 108 valence electrons. The first kappa shape index (κ1) is 13.5. The zero-order valence-corrected chi connectivity index (χ0v) is 12.6. The largest absolute Gasteiger partial charge is 0.340 e. The Labute approximate surface area is 122 Å². The van der Waals surface area contributed by atoms with Crippen molar-refractivity contribution in [3.05, 3.63) is 16.6 Å². The molecule has 0 bridgehead atoms. The van der Waals surface area contributed by atoms with E-state index in [1.165, 1.54) is 11.3 Å². The number of hydrogen-bond acceptors (Lipinski definition) is 4. The van der Waals surface area contributed by atoms with Gasteiger partial charge in [0.2, 0.25) is 11.8 Å². The smallest absolute Gasteiger partial charge is 0.249 e. The number of hydrogen-bond donors (Lipinski definition) is 1. The molecule has 2 atom stereocenters. The summed E-state index contributed by atoms with van der Waals surface area (Å²) in [5.74, 6) is 0.270. The maximum absolute atomic E-state index is 12.9. The van der Waals surface area contributed by atoms with Crippen molar-refractivity contribution in [3.8, 4) is 0 Å². The molecular formula is C14H19N3O2S. The van der Waals surface area contributed by atoms with Gasteiger partial charge in [0.15, 0.2) is 0 Å². The van der Waals surface area contributed by atoms with E-state index >= 15 is 0 Å². The summed E-state index contributed by atoms with van der Waals surface area (Å²) in [5.41, 5.74) is -0.722. The van der Waals surface area contributed by atoms with Crippen LogP contribution in [0.5, 0.6) is 0 Å². The highest BCUT2D eigenvalue weighted by molar-refractivity contribution is 7.09. The molecule has 1 aliphatic heterocycles. The fourth-order valence-corrected chi connectivity index (χ4v) is 3.86. The zero-order chi connectivity index (χ0) is 14.3. The number of piperazine rings is 1. The van der Waals surface area contributed by atoms with Crippen molar-refractivity contribution in [1.29, 1.82) is 0 Å². The lowest BCUT2D eigenvalue weighted by Crippen LogP contribution is -2.66. The molecule has 5 nitrogen and oxygen atoms in total. The molecule has 0 spiro atoms. The summed E-state index contributed by atoms with van der Waals surface area (Å²) < 4.78 is 0. The first-order valence-electron chi connectivity index (χ1n) is 7.07. The molecule has 0 aromatic carbocycles. The summed E-state index contributed by atoms with van der Waals surface area (Å²) >= 11 is 1.54. The summed E-state index contributed by atoms with van der Waals surface area (Å²) in [7, 11) is 0. The third kappa shape index (κ3) is 2.12. The van der Waals surface area contributed by atoms with E-state index in [1.54, 1.807) is 11.1 Å². The van der Waals surface area contributed by atoms with Gasteiger partial charge in [-0.1, -0.05) is 6.92 Å². The van der Waals surface area contributed by atoms with E-state index in [0.717, 1.165) is 24.3 Å². The first-order valence-corrected chi connectivity index (χ1v) is 7.95. The predicted octanol–water partition coefficient (Wildman–Crippen LogP) is 1.72. The lowest BCUT2D eigenvalue weighted by Gasteiger charge is -2.42. The Hall–Kier alpha value is -1.43. The fraction of sp³-hybridized carbons (Fsp3) is 0.643. The molecule has 20 heavy (non-hydrogen) atoms. The zero-order valence-electron chi connectivity index (χ0n) is 11.8. The van der Waals surface area contributed by atoms with Crippen molar-refractivity contribution >= 4 is 23.2 Å². The van der Waals surface area contributed by atoms with E-state index in [4.69, 9.17) is 0 Å². The monoisotopic (exact) mass is 293 g/mol. The molecule has 6 heteroatoms. The molecule has 1 aromatic rings. The van der Waals surface area contributed by atoms with Gasteiger partial charge in [-0.25, -0.2) is 4.98 Å². The van der Waals surface area contributed by atoms with Crippen molar-refractivity contribution in [2.45, 2.75) is 44.7 Å². The quantitative estimate of drug-likeness (QED) is 0.919. The summed E-state index contributed by atoms with van der Waals surface area (Å²) in [5, 5.41) is 5.73. The molecule has 1 saturated carbocycles. The van der Waals surface area contributed by atoms with E-state index in [0.29, 0.717) is 0 Å². The van der Waals surface area contributed by atoms with E-state index in [2.05, 4.69) is 10.3 Å². The number of rotatable bonds is 4. The Morgan fingerprint density at radius 3 is 2.85 bits per heavy atom. The Kier molecular flexibility index (Phi) is 3.28. The minimum atomic E-state index is -0.722. The van der Waals surface area contributed by atoms with Crippen LogP contribution in [-0.4, -0.2) is 33.8 Å². The minimum absolute atomic E-state index is 0.0432. The van der Waals surface area contributed by atoms with E-state index in [1.807, 2.05) is 19.2 Å². The van der Waals surface area contributed by atoms with Crippen LogP contribution in [0.4, 0.5) is 0 Å². The van der Waals surface area contributed by atoms with E-state index in [9.17, 15) is 9.59 Å². The van der Waals surface area contributed by atoms with Crippen LogP contribution in [0.2, 0.25) is 0 Å². The fourth-order valence-electron chi connectivity index (χ4n) is 3.02. The number of carbonyl (C=O) groups excluding carboxylic acids is 2. The van der Waals surface area contributed by atoms with Crippen LogP contribution in [0.25, 0.3) is 0 Å². The van der Waals surface area contributed by atoms with Crippen molar-refractivity contribution in [2.24, 2.45) is 5.92 Å². The van der Waals surface area contributed by atoms with Gasteiger partial charge in [-0.15, -0.1) is 11.3 Å². The Morgan fingerprint density at radius 2 is 2.30 bits per heavy atom. The standard InChI is InChI=1S/C14H19N3O2S/c1-3-10(12-15-6-7-20-12)17-8-11(18)16-14(2,13(17)19)9-4-5-9/h6-7,9-10H,3-5,8H2,1-2H3,(H,16,18). The summed E-state index contributed by atoms with van der Waals surface area (Å²) in [6, 6.07) is -0.0911. The minimum Gasteiger partial charge on any atom is -0.340 e. The molecule has 2 unspecified atom stereocenters. The molecule has 2 amide bonds. The molecule has 0 radical (unpaired) electrons. The van der Waals surface area contributed by atoms with Gasteiger partial charge < -0.3 is 10.2 Å². The van der Waals surface area contributed by atoms with Crippen molar-refractivity contribution in [3.63, 3.8) is 0 Å². The number of nitrogens with zero attached hydrogens (tertiary/aromatic N) is 2. The van der Waals surface area contributed by atoms with Crippen LogP contribution in [0.1, 0.15) is 44.2 Å². The van der Waals surface area contributed by atoms with Gasteiger partial charge in [0.05, 0.1) is 6.04 Å². The van der Waals surface area contributed by atoms with Crippen molar-refractivity contribution < 1.29 is 9.59 Å². The maximum atomic E-state index is 12.9. The van der Waals surface area contributed by atoms with Gasteiger partial charge in [-0.3, -0.25) is 9.59 Å². The van der Waals surface area contributed by atoms with Crippen LogP contribution >= 0.6 is 11.3 Å². The molecule has 1 aromatic heterocycles. The van der Waals surface area contributed by atoms with Crippen LogP contribution in [0, 0.1) is 5.92 Å². The van der Waals surface area contributed by atoms with Crippen LogP contribution in [0.15, 0.2) is 11.6 Å². The Balaban J connectivity index is 1.91. The molecule has 1 N–H and O–H groups in total. The molecule has 2 fully saturated rings. The van der Waals surface area contributed by atoms with Gasteiger partial charge >= 0.3 is 0 Å². The lowest BCUT2D eigenvalue weighted by atomic mass is 9.90. The van der Waals surface area contributed by atoms with Crippen LogP contribution in [0.3, 0.4) is 0 Å². The van der Waals surface area contributed by atoms with E-state index in [-0.39, 0.29) is 30.3 Å². The second-order valence-electron chi connectivity index (χ2n) is 5.75. The number of carbonyl (C=O) groups is 2. The average molecular weight is 293 g/mol. The second-order valence-corrected chi connectivity index (χ2v) is 6.68. The number of amides is 2. The maximum Gasteiger partial charge on any atom is 0.249 e. The van der Waals surface area contributed by atoms with Gasteiger partial charge in [0, 0.05) is 11.6 Å². The highest BCUT2D eigenvalue weighted by Crippen LogP contribution is 2.43. The van der Waals surface area contributed by atoms with Gasteiger partial charge in [0.1, 0.15) is 17.1 Å². The van der Waals surface area contributed by atoms with E-state index < -0.39 is 5.54 Å². The number of aromatic nitrogens is 1. The third-order valence-corrected chi connectivity index (χ3v) is 5.19. The van der Waals surface area contributed by atoms with Crippen molar-refractivity contribution in [1.82, 2.24) is 15.2 Å². The molecule has 2 heterocycles. The Morgan fingerprint density at radius 1 is 1.55 bits per heavy atom. The second kappa shape index (κ2) is 4.84. The van der Waals surface area contributed by atoms with Gasteiger partial charge in [-0.05, 0) is 32.1 Å². The average Bonchev–Trinajstić information content (AvgIpc) is 3.15. The summed E-state index contributed by atoms with van der Waals surface area (Å²) in [6.45, 7) is 4.03. The third-order valence-electron chi connectivity index (χ3n) is 4.31. The topological polar surface area (TPSA) is 62.3 Å². The molecule has 2 aliphatic rings. The van der Waals surface area contributed by atoms with Gasteiger partial charge in [-0.2, -0.15) is 0 Å². The van der Waals surface area contributed by atoms with Crippen LogP contribution in [-0.2, 0) is 9.59 Å². The molecule has 1 saturated heterocycles. The summed E-state index contributed by atoms with van der Waals surface area (Å²) in [4.78, 5) is 30.9. The highest BCUT2D eigenvalue weighted by Gasteiger charge is 2.53. The number of thiazole rings is 1.